The first-order valence-corrected chi connectivity index (χ1v) is 7.19. The molecular formula is C15H18N4O2. The van der Waals surface area contributed by atoms with E-state index in [-0.39, 0.29) is 11.1 Å². The summed E-state index contributed by atoms with van der Waals surface area (Å²) in [7, 11) is 0. The number of aromatic nitrogens is 3. The van der Waals surface area contributed by atoms with Gasteiger partial charge in [0.25, 0.3) is 11.1 Å². The van der Waals surface area contributed by atoms with Gasteiger partial charge in [-0.15, -0.1) is 0 Å². The molecule has 2 aromatic rings. The van der Waals surface area contributed by atoms with Crippen molar-refractivity contribution in [3.05, 3.63) is 57.4 Å². The standard InChI is InChI=1S/C15H18N4O2/c20-14-3-1-2-6-18(14)7-8-19-15(21)9-13(11-17-19)16-10-12-4-5-12/h1-3,6,9,11-12,16H,4-5,7-8,10H2. The van der Waals surface area contributed by atoms with Crippen LogP contribution in [0.3, 0.4) is 0 Å². The van der Waals surface area contributed by atoms with E-state index >= 15 is 0 Å². The maximum Gasteiger partial charge on any atom is 0.268 e. The Balaban J connectivity index is 1.64. The molecule has 110 valence electrons. The van der Waals surface area contributed by atoms with Crippen molar-refractivity contribution >= 4 is 5.69 Å². The largest absolute Gasteiger partial charge is 0.383 e. The number of aryl methyl sites for hydroxylation is 2. The first-order chi connectivity index (χ1) is 10.2. The first-order valence-electron chi connectivity index (χ1n) is 7.19. The number of pyridine rings is 1. The van der Waals surface area contributed by atoms with Crippen molar-refractivity contribution in [3.63, 3.8) is 0 Å². The van der Waals surface area contributed by atoms with Gasteiger partial charge in [-0.25, -0.2) is 4.68 Å². The summed E-state index contributed by atoms with van der Waals surface area (Å²) in [6.45, 7) is 1.72. The van der Waals surface area contributed by atoms with E-state index in [9.17, 15) is 9.59 Å². The minimum atomic E-state index is -0.153. The fourth-order valence-electron chi connectivity index (χ4n) is 2.13. The Morgan fingerprint density at radius 1 is 1.19 bits per heavy atom. The van der Waals surface area contributed by atoms with Crippen LogP contribution in [0.1, 0.15) is 12.8 Å². The molecule has 1 N–H and O–H groups in total. The third-order valence-electron chi connectivity index (χ3n) is 3.61. The van der Waals surface area contributed by atoms with Gasteiger partial charge in [0.1, 0.15) is 0 Å². The molecule has 0 bridgehead atoms. The molecule has 2 heterocycles. The highest BCUT2D eigenvalue weighted by Gasteiger charge is 2.20. The smallest absolute Gasteiger partial charge is 0.268 e. The van der Waals surface area contributed by atoms with Crippen LogP contribution in [0, 0.1) is 5.92 Å². The predicted molar refractivity (Wildman–Crippen MR) is 80.4 cm³/mol. The van der Waals surface area contributed by atoms with E-state index in [4.69, 9.17) is 0 Å². The lowest BCUT2D eigenvalue weighted by atomic mass is 10.4. The van der Waals surface area contributed by atoms with Crippen LogP contribution in [0.2, 0.25) is 0 Å². The summed E-state index contributed by atoms with van der Waals surface area (Å²) in [5.74, 6) is 0.748. The predicted octanol–water partition coefficient (Wildman–Crippen LogP) is 0.927. The lowest BCUT2D eigenvalue weighted by molar-refractivity contribution is 0.503. The monoisotopic (exact) mass is 286 g/mol. The molecule has 1 aliphatic rings. The van der Waals surface area contributed by atoms with Crippen LogP contribution in [0.15, 0.2) is 46.2 Å². The molecule has 6 heteroatoms. The first kappa shape index (κ1) is 13.6. The molecule has 1 saturated carbocycles. The molecule has 0 aliphatic heterocycles. The Kier molecular flexibility index (Phi) is 3.85. The number of nitrogens with one attached hydrogen (secondary N) is 1. The van der Waals surface area contributed by atoms with Gasteiger partial charge in [0.05, 0.1) is 18.4 Å². The maximum atomic E-state index is 12.0. The third kappa shape index (κ3) is 3.59. The van der Waals surface area contributed by atoms with E-state index in [1.54, 1.807) is 35.2 Å². The average molecular weight is 286 g/mol. The second kappa shape index (κ2) is 5.95. The summed E-state index contributed by atoms with van der Waals surface area (Å²) in [6.07, 6.45) is 5.91. The van der Waals surface area contributed by atoms with Gasteiger partial charge in [-0.3, -0.25) is 9.59 Å². The lowest BCUT2D eigenvalue weighted by Gasteiger charge is -2.08. The van der Waals surface area contributed by atoms with E-state index in [0.717, 1.165) is 18.2 Å². The minimum absolute atomic E-state index is 0.0757. The normalized spacial score (nSPS) is 14.1. The fraction of sp³-hybridized carbons (Fsp3) is 0.400. The highest BCUT2D eigenvalue weighted by molar-refractivity contribution is 5.38. The molecule has 1 aliphatic carbocycles. The second-order valence-electron chi connectivity index (χ2n) is 5.36. The highest BCUT2D eigenvalue weighted by Crippen LogP contribution is 2.28. The molecule has 21 heavy (non-hydrogen) atoms. The highest BCUT2D eigenvalue weighted by atomic mass is 16.1. The van der Waals surface area contributed by atoms with Crippen molar-refractivity contribution in [2.24, 2.45) is 5.92 Å². The summed E-state index contributed by atoms with van der Waals surface area (Å²) < 4.78 is 2.94. The molecule has 0 saturated heterocycles. The van der Waals surface area contributed by atoms with E-state index in [1.165, 1.54) is 23.6 Å². The Morgan fingerprint density at radius 2 is 2.05 bits per heavy atom. The summed E-state index contributed by atoms with van der Waals surface area (Å²) in [5, 5.41) is 7.37. The van der Waals surface area contributed by atoms with Gasteiger partial charge in [0, 0.05) is 31.4 Å². The van der Waals surface area contributed by atoms with Gasteiger partial charge in [-0.1, -0.05) is 6.07 Å². The number of hydrogen-bond acceptors (Lipinski definition) is 4. The van der Waals surface area contributed by atoms with Crippen molar-refractivity contribution in [2.75, 3.05) is 11.9 Å². The van der Waals surface area contributed by atoms with Crippen molar-refractivity contribution in [1.82, 2.24) is 14.3 Å². The number of hydrogen-bond donors (Lipinski definition) is 1. The quantitative estimate of drug-likeness (QED) is 0.857. The van der Waals surface area contributed by atoms with Gasteiger partial charge in [0.2, 0.25) is 0 Å². The van der Waals surface area contributed by atoms with Crippen LogP contribution in [-0.2, 0) is 13.1 Å². The zero-order chi connectivity index (χ0) is 14.7. The number of anilines is 1. The summed E-state index contributed by atoms with van der Waals surface area (Å²) >= 11 is 0. The Hall–Kier alpha value is -2.37. The molecule has 1 fully saturated rings. The van der Waals surface area contributed by atoms with Crippen LogP contribution >= 0.6 is 0 Å². The molecule has 0 aromatic carbocycles. The third-order valence-corrected chi connectivity index (χ3v) is 3.61. The zero-order valence-corrected chi connectivity index (χ0v) is 11.7. The number of rotatable bonds is 6. The fourth-order valence-corrected chi connectivity index (χ4v) is 2.13. The Labute approximate surface area is 122 Å². The lowest BCUT2D eigenvalue weighted by Crippen LogP contribution is -2.27. The molecule has 3 rings (SSSR count). The van der Waals surface area contributed by atoms with E-state index in [1.807, 2.05) is 0 Å². The second-order valence-corrected chi connectivity index (χ2v) is 5.36. The van der Waals surface area contributed by atoms with E-state index < -0.39 is 0 Å². The topological polar surface area (TPSA) is 68.9 Å². The minimum Gasteiger partial charge on any atom is -0.383 e. The van der Waals surface area contributed by atoms with Crippen molar-refractivity contribution in [3.8, 4) is 0 Å². The summed E-state index contributed by atoms with van der Waals surface area (Å²) in [5.41, 5.74) is 0.535. The SMILES string of the molecule is O=c1ccccn1CCn1ncc(NCC2CC2)cc1=O. The molecule has 0 unspecified atom stereocenters. The Bertz CT molecular complexity index is 731. The van der Waals surface area contributed by atoms with Gasteiger partial charge >= 0.3 is 0 Å². The van der Waals surface area contributed by atoms with Crippen LogP contribution in [0.5, 0.6) is 0 Å². The van der Waals surface area contributed by atoms with E-state index in [2.05, 4.69) is 10.4 Å². The molecule has 6 nitrogen and oxygen atoms in total. The number of nitrogens with zero attached hydrogens (tertiary/aromatic N) is 3. The maximum absolute atomic E-state index is 12.0. The van der Waals surface area contributed by atoms with E-state index in [0.29, 0.717) is 13.1 Å². The van der Waals surface area contributed by atoms with Crippen molar-refractivity contribution in [1.29, 1.82) is 0 Å². The van der Waals surface area contributed by atoms with Crippen LogP contribution in [0.25, 0.3) is 0 Å². The van der Waals surface area contributed by atoms with Gasteiger partial charge in [-0.05, 0) is 24.8 Å². The average Bonchev–Trinajstić information content (AvgIpc) is 3.30. The summed E-state index contributed by atoms with van der Waals surface area (Å²) in [6, 6.07) is 6.55. The molecule has 0 spiro atoms. The summed E-state index contributed by atoms with van der Waals surface area (Å²) in [4.78, 5) is 23.6. The Morgan fingerprint density at radius 3 is 2.76 bits per heavy atom. The van der Waals surface area contributed by atoms with Crippen LogP contribution in [-0.4, -0.2) is 20.9 Å². The van der Waals surface area contributed by atoms with Crippen LogP contribution in [0.4, 0.5) is 5.69 Å². The molecule has 0 amide bonds. The van der Waals surface area contributed by atoms with Crippen molar-refractivity contribution < 1.29 is 0 Å². The van der Waals surface area contributed by atoms with Crippen molar-refractivity contribution in [2.45, 2.75) is 25.9 Å². The zero-order valence-electron chi connectivity index (χ0n) is 11.7. The van der Waals surface area contributed by atoms with Crippen LogP contribution < -0.4 is 16.4 Å². The van der Waals surface area contributed by atoms with Gasteiger partial charge in [0.15, 0.2) is 0 Å². The molecule has 0 radical (unpaired) electrons. The molecule has 2 aromatic heterocycles. The molecular weight excluding hydrogens is 268 g/mol. The van der Waals surface area contributed by atoms with Gasteiger partial charge in [-0.2, -0.15) is 5.10 Å². The van der Waals surface area contributed by atoms with Gasteiger partial charge < -0.3 is 9.88 Å². The molecule has 0 atom stereocenters.